The number of benzene rings is 3. The number of nitrogens with zero attached hydrogens (tertiary/aromatic N) is 4. The molecule has 11 nitrogen and oxygen atoms in total. The van der Waals surface area contributed by atoms with Crippen molar-refractivity contribution in [3.05, 3.63) is 113 Å². The molecule has 2 aliphatic heterocycles. The summed E-state index contributed by atoms with van der Waals surface area (Å²) >= 11 is 0. The van der Waals surface area contributed by atoms with Gasteiger partial charge in [-0.05, 0) is 97.4 Å². The highest BCUT2D eigenvalue weighted by atomic mass is 16.5. The number of nitrogens with one attached hydrogen (secondary N) is 3. The highest BCUT2D eigenvalue weighted by molar-refractivity contribution is 5.95. The number of allylic oxidation sites excluding steroid dienone is 1. The molecule has 3 aromatic carbocycles. The van der Waals surface area contributed by atoms with Gasteiger partial charge < -0.3 is 29.8 Å². The largest absolute Gasteiger partial charge is 0.453 e. The lowest BCUT2D eigenvalue weighted by Crippen LogP contribution is -2.51. The van der Waals surface area contributed by atoms with Gasteiger partial charge in [-0.15, -0.1) is 0 Å². The van der Waals surface area contributed by atoms with E-state index in [-0.39, 0.29) is 35.2 Å². The van der Waals surface area contributed by atoms with Crippen molar-refractivity contribution in [2.75, 3.05) is 20.2 Å². The molecule has 3 atom stereocenters. The molecule has 2 aromatic heterocycles. The molecule has 3 amide bonds. The number of rotatable bonds is 8. The van der Waals surface area contributed by atoms with Gasteiger partial charge in [-0.25, -0.2) is 14.8 Å². The first-order valence-corrected chi connectivity index (χ1v) is 19.5. The molecule has 4 heterocycles. The van der Waals surface area contributed by atoms with Gasteiger partial charge in [-0.3, -0.25) is 9.59 Å². The van der Waals surface area contributed by atoms with Crippen molar-refractivity contribution in [3.8, 4) is 23.1 Å². The Morgan fingerprint density at radius 2 is 1.70 bits per heavy atom. The Bertz CT molecular complexity index is 2360. The summed E-state index contributed by atoms with van der Waals surface area (Å²) in [6.07, 6.45) is 7.77. The van der Waals surface area contributed by atoms with E-state index in [9.17, 15) is 14.4 Å². The number of imidazole rings is 2. The van der Waals surface area contributed by atoms with Crippen LogP contribution in [0, 0.1) is 23.2 Å². The van der Waals surface area contributed by atoms with Gasteiger partial charge in [0.2, 0.25) is 11.8 Å². The maximum atomic E-state index is 13.9. The molecule has 0 unspecified atom stereocenters. The van der Waals surface area contributed by atoms with E-state index in [1.54, 1.807) is 6.08 Å². The number of methoxy groups -OCH3 is 1. The van der Waals surface area contributed by atoms with Gasteiger partial charge in [0.25, 0.3) is 0 Å². The normalized spacial score (nSPS) is 19.3. The van der Waals surface area contributed by atoms with Crippen molar-refractivity contribution in [2.24, 2.45) is 11.3 Å². The standard InChI is InChI=1S/C45H47N7O4/c1-28(2)40(50-44(55)56-4)43(54)52-27-45(20-21-45)25-38(52)42-47-34-19-16-31(24-35(34)48-42)13-12-30-14-17-33(18-15-30)36-26-46-41(49-36)37-11-8-22-51(37)39(53)23-29(3)32-9-6-5-7-10-32/h5-7,9-10,14-19,23-24,26,28,37-38,40H,8,11,20-22,25,27H2,1-4H3,(H,46,49)(H,47,48)(H,50,55)/b29-23+/t37-,38-,40-/m0/s1. The number of aromatic nitrogens is 4. The molecule has 3 aliphatic rings. The van der Waals surface area contributed by atoms with Crippen molar-refractivity contribution in [3.63, 3.8) is 0 Å². The number of alkyl carbamates (subject to hydrolysis) is 1. The number of ether oxygens (including phenoxy) is 1. The third kappa shape index (κ3) is 7.56. The highest BCUT2D eigenvalue weighted by Gasteiger charge is 2.55. The first-order chi connectivity index (χ1) is 27.1. The Balaban J connectivity index is 0.943. The molecule has 1 spiro atoms. The molecule has 3 N–H and O–H groups in total. The van der Waals surface area contributed by atoms with E-state index in [0.717, 1.165) is 88.3 Å². The Labute approximate surface area is 326 Å². The van der Waals surface area contributed by atoms with Gasteiger partial charge in [0.1, 0.15) is 17.7 Å². The molecule has 56 heavy (non-hydrogen) atoms. The number of carbonyl (C=O) groups is 3. The van der Waals surface area contributed by atoms with Crippen LogP contribution in [0.3, 0.4) is 0 Å². The number of hydrogen-bond acceptors (Lipinski definition) is 6. The maximum absolute atomic E-state index is 13.9. The molecule has 1 aliphatic carbocycles. The summed E-state index contributed by atoms with van der Waals surface area (Å²) in [6.45, 7) is 7.18. The van der Waals surface area contributed by atoms with Crippen LogP contribution in [0.2, 0.25) is 0 Å². The van der Waals surface area contributed by atoms with Crippen molar-refractivity contribution in [1.29, 1.82) is 0 Å². The van der Waals surface area contributed by atoms with Crippen LogP contribution in [-0.4, -0.2) is 73.9 Å². The van der Waals surface area contributed by atoms with E-state index in [1.807, 2.05) is 110 Å². The first-order valence-electron chi connectivity index (χ1n) is 19.5. The molecule has 2 saturated heterocycles. The zero-order chi connectivity index (χ0) is 39.0. The van der Waals surface area contributed by atoms with E-state index in [1.165, 1.54) is 7.11 Å². The first kappa shape index (κ1) is 36.8. The Morgan fingerprint density at radius 3 is 2.43 bits per heavy atom. The van der Waals surface area contributed by atoms with Gasteiger partial charge in [-0.2, -0.15) is 0 Å². The molecule has 0 radical (unpaired) electrons. The second kappa shape index (κ2) is 15.2. The molecule has 1 saturated carbocycles. The van der Waals surface area contributed by atoms with Crippen molar-refractivity contribution < 1.29 is 19.1 Å². The SMILES string of the molecule is COC(=O)N[C@H](C(=O)N1CC2(CC2)C[C@H]1c1nc2ccc(C#Cc3ccc(-c4cnc([C@@H]5CCCN5C(=O)/C=C(\C)c5ccccc5)[nH]4)cc3)cc2[nH]1)C(C)C. The van der Waals surface area contributed by atoms with Gasteiger partial charge >= 0.3 is 6.09 Å². The third-order valence-electron chi connectivity index (χ3n) is 11.5. The van der Waals surface area contributed by atoms with Crippen LogP contribution < -0.4 is 5.32 Å². The molecule has 5 aromatic rings. The zero-order valence-electron chi connectivity index (χ0n) is 32.3. The minimum absolute atomic E-state index is 0.00641. The lowest BCUT2D eigenvalue weighted by atomic mass is 10.0. The Morgan fingerprint density at radius 1 is 0.946 bits per heavy atom. The number of H-pyrrole nitrogens is 2. The summed E-state index contributed by atoms with van der Waals surface area (Å²) in [5.74, 6) is 7.93. The van der Waals surface area contributed by atoms with Crippen LogP contribution in [0.4, 0.5) is 4.79 Å². The molecular weight excluding hydrogens is 703 g/mol. The lowest BCUT2D eigenvalue weighted by molar-refractivity contribution is -0.135. The quantitative estimate of drug-likeness (QED) is 0.111. The summed E-state index contributed by atoms with van der Waals surface area (Å²) in [7, 11) is 1.30. The van der Waals surface area contributed by atoms with Crippen LogP contribution >= 0.6 is 0 Å². The fourth-order valence-corrected chi connectivity index (χ4v) is 8.11. The van der Waals surface area contributed by atoms with Crippen molar-refractivity contribution >= 4 is 34.5 Å². The number of carbonyl (C=O) groups excluding carboxylic acids is 3. The topological polar surface area (TPSA) is 136 Å². The van der Waals surface area contributed by atoms with E-state index in [2.05, 4.69) is 27.1 Å². The van der Waals surface area contributed by atoms with E-state index in [0.29, 0.717) is 13.1 Å². The van der Waals surface area contributed by atoms with Crippen LogP contribution in [0.5, 0.6) is 0 Å². The monoisotopic (exact) mass is 749 g/mol. The molecule has 286 valence electrons. The van der Waals surface area contributed by atoms with Gasteiger partial charge in [0.05, 0.1) is 42.1 Å². The van der Waals surface area contributed by atoms with Crippen LogP contribution in [0.15, 0.2) is 85.1 Å². The average Bonchev–Trinajstić information content (AvgIpc) is 3.70. The smallest absolute Gasteiger partial charge is 0.407 e. The second-order valence-corrected chi connectivity index (χ2v) is 15.8. The maximum Gasteiger partial charge on any atom is 0.407 e. The number of aromatic amines is 2. The molecule has 8 rings (SSSR count). The number of fused-ring (bicyclic) bond motifs is 1. The lowest BCUT2D eigenvalue weighted by Gasteiger charge is -2.30. The average molecular weight is 750 g/mol. The highest BCUT2D eigenvalue weighted by Crippen LogP contribution is 2.58. The summed E-state index contributed by atoms with van der Waals surface area (Å²) < 4.78 is 4.81. The number of hydrogen-bond donors (Lipinski definition) is 3. The Hall–Kier alpha value is -6.15. The Kier molecular flexibility index (Phi) is 9.97. The third-order valence-corrected chi connectivity index (χ3v) is 11.5. The summed E-state index contributed by atoms with van der Waals surface area (Å²) in [6, 6.07) is 23.0. The zero-order valence-corrected chi connectivity index (χ0v) is 32.3. The molecule has 11 heteroatoms. The van der Waals surface area contributed by atoms with Gasteiger partial charge in [0.15, 0.2) is 0 Å². The summed E-state index contributed by atoms with van der Waals surface area (Å²) in [5.41, 5.74) is 7.39. The van der Waals surface area contributed by atoms with Crippen LogP contribution in [-0.2, 0) is 14.3 Å². The predicted molar refractivity (Wildman–Crippen MR) is 215 cm³/mol. The van der Waals surface area contributed by atoms with Crippen molar-refractivity contribution in [2.45, 2.75) is 71.0 Å². The van der Waals surface area contributed by atoms with Crippen molar-refractivity contribution in [1.82, 2.24) is 35.1 Å². The van der Waals surface area contributed by atoms with Gasteiger partial charge in [0, 0.05) is 30.3 Å². The molecular formula is C45H47N7O4. The summed E-state index contributed by atoms with van der Waals surface area (Å²) in [5, 5.41) is 2.74. The molecule has 0 bridgehead atoms. The minimum atomic E-state index is -0.686. The van der Waals surface area contributed by atoms with Gasteiger partial charge in [-0.1, -0.05) is 68.2 Å². The van der Waals surface area contributed by atoms with E-state index < -0.39 is 12.1 Å². The summed E-state index contributed by atoms with van der Waals surface area (Å²) in [4.78, 5) is 59.7. The second-order valence-electron chi connectivity index (χ2n) is 15.8. The fraction of sp³-hybridized carbons (Fsp3) is 0.356. The minimum Gasteiger partial charge on any atom is -0.453 e. The fourth-order valence-electron chi connectivity index (χ4n) is 8.11. The number of likely N-dealkylation sites (tertiary alicyclic amines) is 2. The van der Waals surface area contributed by atoms with E-state index >= 15 is 0 Å². The van der Waals surface area contributed by atoms with E-state index in [4.69, 9.17) is 14.7 Å². The van der Waals surface area contributed by atoms with Crippen LogP contribution in [0.1, 0.15) is 93.3 Å². The predicted octanol–water partition coefficient (Wildman–Crippen LogP) is 7.55. The van der Waals surface area contributed by atoms with Crippen LogP contribution in [0.25, 0.3) is 27.9 Å². The molecule has 3 fully saturated rings. The number of amides is 3.